The minimum atomic E-state index is -3.91. The molecule has 0 aliphatic heterocycles. The molecule has 2 heterocycles. The summed E-state index contributed by atoms with van der Waals surface area (Å²) in [5, 5.41) is 0.257. The molecule has 0 spiro atoms. The first kappa shape index (κ1) is 13.7. The van der Waals surface area contributed by atoms with E-state index in [2.05, 4.69) is 14.7 Å². The van der Waals surface area contributed by atoms with Crippen LogP contribution in [0, 0.1) is 12.7 Å². The number of anilines is 1. The van der Waals surface area contributed by atoms with Crippen LogP contribution in [0.25, 0.3) is 0 Å². The molecule has 5 nitrogen and oxygen atoms in total. The Morgan fingerprint density at radius 3 is 2.68 bits per heavy atom. The molecule has 2 rings (SSSR count). The van der Waals surface area contributed by atoms with Crippen LogP contribution in [0.5, 0.6) is 0 Å². The molecule has 2 aromatic rings. The van der Waals surface area contributed by atoms with Gasteiger partial charge in [0, 0.05) is 6.20 Å². The van der Waals surface area contributed by atoms with E-state index in [-0.39, 0.29) is 15.7 Å². The molecule has 0 aliphatic carbocycles. The summed E-state index contributed by atoms with van der Waals surface area (Å²) in [4.78, 5) is 7.15. The monoisotopic (exact) mass is 301 g/mol. The molecule has 0 bridgehead atoms. The standard InChI is InChI=1S/C11H9ClFN3O2S/c1-7-10(2-3-11(12)15-7)16-19(17,18)9-4-8(13)5-14-6-9/h2-6,16H,1H3. The van der Waals surface area contributed by atoms with E-state index in [9.17, 15) is 12.8 Å². The van der Waals surface area contributed by atoms with Gasteiger partial charge in [0.2, 0.25) is 0 Å². The maximum absolute atomic E-state index is 13.0. The van der Waals surface area contributed by atoms with E-state index in [1.165, 1.54) is 12.1 Å². The van der Waals surface area contributed by atoms with Crippen LogP contribution in [-0.4, -0.2) is 18.4 Å². The Bertz CT molecular complexity index is 722. The SMILES string of the molecule is Cc1nc(Cl)ccc1NS(=O)(=O)c1cncc(F)c1. The quantitative estimate of drug-likeness (QED) is 0.884. The molecular formula is C11H9ClFN3O2S. The van der Waals surface area contributed by atoms with Crippen LogP contribution in [0.4, 0.5) is 10.1 Å². The molecule has 0 saturated heterocycles. The molecular weight excluding hydrogens is 293 g/mol. The van der Waals surface area contributed by atoms with Gasteiger partial charge in [-0.25, -0.2) is 17.8 Å². The number of aryl methyl sites for hydroxylation is 1. The Morgan fingerprint density at radius 1 is 1.32 bits per heavy atom. The summed E-state index contributed by atoms with van der Waals surface area (Å²) in [5.74, 6) is -0.728. The van der Waals surface area contributed by atoms with Gasteiger partial charge in [0.25, 0.3) is 10.0 Å². The number of aromatic nitrogens is 2. The molecule has 0 amide bonds. The summed E-state index contributed by atoms with van der Waals surface area (Å²) in [6.07, 6.45) is 1.98. The first-order valence-corrected chi connectivity index (χ1v) is 7.01. The first-order valence-electron chi connectivity index (χ1n) is 5.15. The Morgan fingerprint density at radius 2 is 2.05 bits per heavy atom. The molecule has 2 aromatic heterocycles. The van der Waals surface area contributed by atoms with Crippen molar-refractivity contribution in [2.75, 3.05) is 4.72 Å². The third-order valence-corrected chi connectivity index (χ3v) is 3.83. The molecule has 19 heavy (non-hydrogen) atoms. The average Bonchev–Trinajstić information content (AvgIpc) is 2.33. The number of pyridine rings is 2. The topological polar surface area (TPSA) is 72.0 Å². The smallest absolute Gasteiger partial charge is 0.263 e. The van der Waals surface area contributed by atoms with Gasteiger partial charge in [-0.05, 0) is 25.1 Å². The van der Waals surface area contributed by atoms with Crippen LogP contribution in [0.3, 0.4) is 0 Å². The summed E-state index contributed by atoms with van der Waals surface area (Å²) in [7, 11) is -3.91. The van der Waals surface area contributed by atoms with Gasteiger partial charge in [-0.2, -0.15) is 0 Å². The molecule has 0 fully saturated rings. The van der Waals surface area contributed by atoms with Crippen LogP contribution in [0.15, 0.2) is 35.5 Å². The van der Waals surface area contributed by atoms with Gasteiger partial charge in [0.1, 0.15) is 15.9 Å². The minimum Gasteiger partial charge on any atom is -0.278 e. The highest BCUT2D eigenvalue weighted by Gasteiger charge is 2.16. The number of sulfonamides is 1. The van der Waals surface area contributed by atoms with E-state index in [1.54, 1.807) is 6.92 Å². The van der Waals surface area contributed by atoms with E-state index in [0.717, 1.165) is 18.5 Å². The zero-order valence-electron chi connectivity index (χ0n) is 9.76. The second-order valence-corrected chi connectivity index (χ2v) is 5.78. The van der Waals surface area contributed by atoms with E-state index in [1.807, 2.05) is 0 Å². The van der Waals surface area contributed by atoms with Gasteiger partial charge >= 0.3 is 0 Å². The van der Waals surface area contributed by atoms with E-state index >= 15 is 0 Å². The molecule has 0 aliphatic rings. The Kier molecular flexibility index (Phi) is 3.68. The minimum absolute atomic E-state index is 0.257. The van der Waals surface area contributed by atoms with Crippen molar-refractivity contribution < 1.29 is 12.8 Å². The van der Waals surface area contributed by atoms with Crippen LogP contribution in [0.2, 0.25) is 5.15 Å². The predicted molar refractivity (Wildman–Crippen MR) is 69.0 cm³/mol. The normalized spacial score (nSPS) is 11.3. The lowest BCUT2D eigenvalue weighted by atomic mass is 10.3. The number of hydrogen-bond donors (Lipinski definition) is 1. The zero-order chi connectivity index (χ0) is 14.0. The lowest BCUT2D eigenvalue weighted by Crippen LogP contribution is -2.14. The highest BCUT2D eigenvalue weighted by molar-refractivity contribution is 7.92. The number of hydrogen-bond acceptors (Lipinski definition) is 4. The second-order valence-electron chi connectivity index (χ2n) is 3.71. The third kappa shape index (κ3) is 3.18. The number of nitrogens with zero attached hydrogens (tertiary/aromatic N) is 2. The van der Waals surface area contributed by atoms with Crippen molar-refractivity contribution in [3.8, 4) is 0 Å². The molecule has 0 aromatic carbocycles. The summed E-state index contributed by atoms with van der Waals surface area (Å²) >= 11 is 5.68. The van der Waals surface area contributed by atoms with E-state index in [0.29, 0.717) is 5.69 Å². The number of rotatable bonds is 3. The van der Waals surface area contributed by atoms with Gasteiger partial charge in [-0.15, -0.1) is 0 Å². The highest BCUT2D eigenvalue weighted by atomic mass is 35.5. The summed E-state index contributed by atoms with van der Waals surface area (Å²) in [5.41, 5.74) is 0.689. The van der Waals surface area contributed by atoms with Crippen molar-refractivity contribution >= 4 is 27.3 Å². The summed E-state index contributed by atoms with van der Waals surface area (Å²) in [6.45, 7) is 1.60. The third-order valence-electron chi connectivity index (χ3n) is 2.29. The fourth-order valence-corrected chi connectivity index (χ4v) is 2.66. The van der Waals surface area contributed by atoms with Crippen molar-refractivity contribution in [1.82, 2.24) is 9.97 Å². The fourth-order valence-electron chi connectivity index (χ4n) is 1.38. The fraction of sp³-hybridized carbons (Fsp3) is 0.0909. The molecule has 100 valence electrons. The van der Waals surface area contributed by atoms with Crippen molar-refractivity contribution in [3.05, 3.63) is 47.3 Å². The highest BCUT2D eigenvalue weighted by Crippen LogP contribution is 2.20. The van der Waals surface area contributed by atoms with Gasteiger partial charge in [-0.1, -0.05) is 11.6 Å². The number of nitrogens with one attached hydrogen (secondary N) is 1. The Hall–Kier alpha value is -1.73. The largest absolute Gasteiger partial charge is 0.278 e. The second kappa shape index (κ2) is 5.10. The summed E-state index contributed by atoms with van der Waals surface area (Å²) < 4.78 is 39.3. The van der Waals surface area contributed by atoms with E-state index in [4.69, 9.17) is 11.6 Å². The molecule has 0 saturated carbocycles. The van der Waals surface area contributed by atoms with Gasteiger partial charge in [-0.3, -0.25) is 9.71 Å². The van der Waals surface area contributed by atoms with Crippen molar-refractivity contribution in [2.45, 2.75) is 11.8 Å². The van der Waals surface area contributed by atoms with E-state index < -0.39 is 15.8 Å². The first-order chi connectivity index (χ1) is 8.88. The molecule has 1 N–H and O–H groups in total. The molecule has 0 unspecified atom stereocenters. The maximum atomic E-state index is 13.0. The predicted octanol–water partition coefficient (Wildman–Crippen LogP) is 2.38. The average molecular weight is 302 g/mol. The van der Waals surface area contributed by atoms with Crippen LogP contribution in [-0.2, 0) is 10.0 Å². The lowest BCUT2D eigenvalue weighted by Gasteiger charge is -2.09. The Labute approximate surface area is 114 Å². The van der Waals surface area contributed by atoms with Crippen molar-refractivity contribution in [1.29, 1.82) is 0 Å². The van der Waals surface area contributed by atoms with Gasteiger partial charge in [0.05, 0.1) is 17.6 Å². The van der Waals surface area contributed by atoms with Gasteiger partial charge < -0.3 is 0 Å². The molecule has 8 heteroatoms. The molecule has 0 atom stereocenters. The van der Waals surface area contributed by atoms with Crippen LogP contribution >= 0.6 is 11.6 Å². The van der Waals surface area contributed by atoms with Crippen LogP contribution in [0.1, 0.15) is 5.69 Å². The lowest BCUT2D eigenvalue weighted by molar-refractivity contribution is 0.592. The maximum Gasteiger partial charge on any atom is 0.263 e. The Balaban J connectivity index is 2.36. The molecule has 0 radical (unpaired) electrons. The van der Waals surface area contributed by atoms with Crippen molar-refractivity contribution in [2.24, 2.45) is 0 Å². The van der Waals surface area contributed by atoms with Crippen molar-refractivity contribution in [3.63, 3.8) is 0 Å². The number of halogens is 2. The summed E-state index contributed by atoms with van der Waals surface area (Å²) in [6, 6.07) is 3.82. The van der Waals surface area contributed by atoms with Gasteiger partial charge in [0.15, 0.2) is 0 Å². The van der Waals surface area contributed by atoms with Crippen LogP contribution < -0.4 is 4.72 Å². The zero-order valence-corrected chi connectivity index (χ0v) is 11.3.